The van der Waals surface area contributed by atoms with Gasteiger partial charge in [0.2, 0.25) is 0 Å². The van der Waals surface area contributed by atoms with Gasteiger partial charge in [-0.15, -0.1) is 11.3 Å². The maximum atomic E-state index is 6.16. The molecule has 0 spiro atoms. The Morgan fingerprint density at radius 2 is 2.12 bits per heavy atom. The molecule has 2 heterocycles. The third kappa shape index (κ3) is 2.56. The van der Waals surface area contributed by atoms with Crippen LogP contribution in [0.4, 0.5) is 0 Å². The summed E-state index contributed by atoms with van der Waals surface area (Å²) in [6.45, 7) is 6.15. The minimum absolute atomic E-state index is 0.0696. The second-order valence-corrected chi connectivity index (χ2v) is 5.68. The number of rotatable bonds is 3. The summed E-state index contributed by atoms with van der Waals surface area (Å²) in [6.07, 6.45) is 0.760. The van der Waals surface area contributed by atoms with Crippen molar-refractivity contribution in [3.05, 3.63) is 33.0 Å². The summed E-state index contributed by atoms with van der Waals surface area (Å²) in [7, 11) is 1.93. The molecule has 0 aliphatic carbocycles. The molecule has 0 saturated heterocycles. The Labute approximate surface area is 105 Å². The second-order valence-electron chi connectivity index (χ2n) is 4.39. The van der Waals surface area contributed by atoms with Crippen molar-refractivity contribution >= 4 is 11.3 Å². The van der Waals surface area contributed by atoms with Gasteiger partial charge in [-0.1, -0.05) is 0 Å². The van der Waals surface area contributed by atoms with Crippen molar-refractivity contribution in [1.29, 1.82) is 0 Å². The van der Waals surface area contributed by atoms with Crippen molar-refractivity contribution in [2.45, 2.75) is 33.2 Å². The van der Waals surface area contributed by atoms with Gasteiger partial charge in [-0.25, -0.2) is 4.98 Å². The van der Waals surface area contributed by atoms with Gasteiger partial charge in [0.1, 0.15) is 0 Å². The van der Waals surface area contributed by atoms with Gasteiger partial charge in [-0.2, -0.15) is 5.10 Å². The molecule has 0 bridgehead atoms. The zero-order chi connectivity index (χ0) is 12.6. The molecule has 0 aromatic carbocycles. The smallest absolute Gasteiger partial charge is 0.0950 e. The fraction of sp³-hybridized carbons (Fsp3) is 0.500. The van der Waals surface area contributed by atoms with Gasteiger partial charge in [-0.05, 0) is 26.8 Å². The SMILES string of the molecule is Cc1nc(CC(N)c2cc(C)n(C)n2)sc1C. The quantitative estimate of drug-likeness (QED) is 0.907. The highest BCUT2D eigenvalue weighted by molar-refractivity contribution is 7.11. The predicted molar refractivity (Wildman–Crippen MR) is 70.2 cm³/mol. The summed E-state index contributed by atoms with van der Waals surface area (Å²) < 4.78 is 1.85. The Bertz CT molecular complexity index is 488. The molecule has 2 rings (SSSR count). The van der Waals surface area contributed by atoms with Gasteiger partial charge in [0.15, 0.2) is 0 Å². The monoisotopic (exact) mass is 250 g/mol. The largest absolute Gasteiger partial charge is 0.322 e. The fourth-order valence-electron chi connectivity index (χ4n) is 1.69. The Morgan fingerprint density at radius 1 is 1.41 bits per heavy atom. The second kappa shape index (κ2) is 4.58. The lowest BCUT2D eigenvalue weighted by Gasteiger charge is -2.05. The summed E-state index contributed by atoms with van der Waals surface area (Å²) >= 11 is 1.72. The Morgan fingerprint density at radius 3 is 2.59 bits per heavy atom. The first-order chi connectivity index (χ1) is 7.97. The number of aryl methyl sites for hydroxylation is 4. The van der Waals surface area contributed by atoms with Gasteiger partial charge < -0.3 is 5.73 Å². The van der Waals surface area contributed by atoms with Crippen LogP contribution in [0.5, 0.6) is 0 Å². The van der Waals surface area contributed by atoms with E-state index in [0.29, 0.717) is 0 Å². The number of hydrogen-bond donors (Lipinski definition) is 1. The normalized spacial score (nSPS) is 13.0. The number of nitrogens with zero attached hydrogens (tertiary/aromatic N) is 3. The van der Waals surface area contributed by atoms with E-state index in [1.807, 2.05) is 31.6 Å². The molecule has 0 aliphatic heterocycles. The van der Waals surface area contributed by atoms with Crippen LogP contribution < -0.4 is 5.73 Å². The molecular formula is C12H18N4S. The number of thiazole rings is 1. The van der Waals surface area contributed by atoms with Crippen molar-refractivity contribution in [2.24, 2.45) is 12.8 Å². The Kier molecular flexibility index (Phi) is 3.31. The minimum Gasteiger partial charge on any atom is -0.322 e. The van der Waals surface area contributed by atoms with Crippen LogP contribution in [0.15, 0.2) is 6.07 Å². The average molecular weight is 250 g/mol. The van der Waals surface area contributed by atoms with Crippen LogP contribution in [0.1, 0.15) is 33.0 Å². The molecule has 1 unspecified atom stereocenters. The van der Waals surface area contributed by atoms with Gasteiger partial charge in [-0.3, -0.25) is 4.68 Å². The van der Waals surface area contributed by atoms with Crippen molar-refractivity contribution < 1.29 is 0 Å². The lowest BCUT2D eigenvalue weighted by atomic mass is 10.1. The van der Waals surface area contributed by atoms with E-state index in [2.05, 4.69) is 17.0 Å². The van der Waals surface area contributed by atoms with E-state index >= 15 is 0 Å². The Hall–Kier alpha value is -1.20. The van der Waals surface area contributed by atoms with E-state index in [4.69, 9.17) is 5.73 Å². The molecule has 92 valence electrons. The molecular weight excluding hydrogens is 232 g/mol. The summed E-state index contributed by atoms with van der Waals surface area (Å²) in [5.74, 6) is 0. The number of aromatic nitrogens is 3. The standard InChI is InChI=1S/C12H18N4S/c1-7-5-11(15-16(7)4)10(13)6-12-14-8(2)9(3)17-12/h5,10H,6,13H2,1-4H3. The summed E-state index contributed by atoms with van der Waals surface area (Å²) in [6, 6.07) is 1.97. The molecule has 2 aromatic heterocycles. The van der Waals surface area contributed by atoms with E-state index in [1.165, 1.54) is 4.88 Å². The molecule has 0 aliphatic rings. The summed E-state index contributed by atoms with van der Waals surface area (Å²) in [5.41, 5.74) is 9.33. The first-order valence-corrected chi connectivity index (χ1v) is 6.48. The lowest BCUT2D eigenvalue weighted by Crippen LogP contribution is -2.14. The zero-order valence-electron chi connectivity index (χ0n) is 10.7. The van der Waals surface area contributed by atoms with Crippen molar-refractivity contribution in [1.82, 2.24) is 14.8 Å². The van der Waals surface area contributed by atoms with Gasteiger partial charge >= 0.3 is 0 Å². The molecule has 2 aromatic rings. The molecule has 4 nitrogen and oxygen atoms in total. The van der Waals surface area contributed by atoms with E-state index in [1.54, 1.807) is 11.3 Å². The lowest BCUT2D eigenvalue weighted by molar-refractivity contribution is 0.650. The molecule has 5 heteroatoms. The molecule has 1 atom stereocenters. The van der Waals surface area contributed by atoms with Crippen LogP contribution in [-0.4, -0.2) is 14.8 Å². The van der Waals surface area contributed by atoms with E-state index < -0.39 is 0 Å². The topological polar surface area (TPSA) is 56.7 Å². The Balaban J connectivity index is 2.13. The van der Waals surface area contributed by atoms with Crippen molar-refractivity contribution in [2.75, 3.05) is 0 Å². The highest BCUT2D eigenvalue weighted by Gasteiger charge is 2.14. The van der Waals surface area contributed by atoms with Crippen LogP contribution in [0.2, 0.25) is 0 Å². The molecule has 0 amide bonds. The number of hydrogen-bond acceptors (Lipinski definition) is 4. The van der Waals surface area contributed by atoms with Gasteiger partial charge in [0, 0.05) is 24.0 Å². The zero-order valence-corrected chi connectivity index (χ0v) is 11.5. The molecule has 0 saturated carbocycles. The fourth-order valence-corrected chi connectivity index (χ4v) is 2.68. The van der Waals surface area contributed by atoms with E-state index in [-0.39, 0.29) is 6.04 Å². The van der Waals surface area contributed by atoms with Crippen LogP contribution in [0.25, 0.3) is 0 Å². The number of nitrogens with two attached hydrogens (primary N) is 1. The third-order valence-corrected chi connectivity index (χ3v) is 4.08. The third-order valence-electron chi connectivity index (χ3n) is 2.98. The van der Waals surface area contributed by atoms with Crippen LogP contribution in [0.3, 0.4) is 0 Å². The van der Waals surface area contributed by atoms with Gasteiger partial charge in [0.05, 0.1) is 22.4 Å². The van der Waals surface area contributed by atoms with Crippen LogP contribution in [0, 0.1) is 20.8 Å². The summed E-state index contributed by atoms with van der Waals surface area (Å²) in [5, 5.41) is 5.50. The van der Waals surface area contributed by atoms with Crippen LogP contribution >= 0.6 is 11.3 Å². The maximum absolute atomic E-state index is 6.16. The highest BCUT2D eigenvalue weighted by atomic mass is 32.1. The van der Waals surface area contributed by atoms with Crippen molar-refractivity contribution in [3.8, 4) is 0 Å². The first kappa shape index (κ1) is 12.3. The van der Waals surface area contributed by atoms with E-state index in [9.17, 15) is 0 Å². The molecule has 0 radical (unpaired) electrons. The maximum Gasteiger partial charge on any atom is 0.0950 e. The highest BCUT2D eigenvalue weighted by Crippen LogP contribution is 2.21. The van der Waals surface area contributed by atoms with Crippen molar-refractivity contribution in [3.63, 3.8) is 0 Å². The van der Waals surface area contributed by atoms with Gasteiger partial charge in [0.25, 0.3) is 0 Å². The summed E-state index contributed by atoms with van der Waals surface area (Å²) in [4.78, 5) is 5.78. The molecule has 0 fully saturated rings. The minimum atomic E-state index is -0.0696. The first-order valence-electron chi connectivity index (χ1n) is 5.66. The van der Waals surface area contributed by atoms with E-state index in [0.717, 1.165) is 28.5 Å². The molecule has 17 heavy (non-hydrogen) atoms. The predicted octanol–water partition coefficient (Wildman–Crippen LogP) is 2.04. The molecule has 2 N–H and O–H groups in total. The van der Waals surface area contributed by atoms with Crippen LogP contribution in [-0.2, 0) is 13.5 Å². The average Bonchev–Trinajstić information content (AvgIpc) is 2.73.